The van der Waals surface area contributed by atoms with E-state index in [9.17, 15) is 14.4 Å². The molecule has 0 atom stereocenters. The maximum Gasteiger partial charge on any atom is 0.349 e. The Hall–Kier alpha value is -2.97. The molecule has 2 amide bonds. The maximum atomic E-state index is 12.5. The molecule has 0 saturated carbocycles. The van der Waals surface area contributed by atoms with Crippen molar-refractivity contribution in [1.82, 2.24) is 0 Å². The van der Waals surface area contributed by atoms with E-state index in [4.69, 9.17) is 9.47 Å². The fourth-order valence-electron chi connectivity index (χ4n) is 2.98. The van der Waals surface area contributed by atoms with E-state index in [2.05, 4.69) is 31.9 Å². The molecule has 8 heteroatoms. The Morgan fingerprint density at radius 3 is 2.10 bits per heavy atom. The molecule has 4 rings (SSSR count). The van der Waals surface area contributed by atoms with Gasteiger partial charge in [0.1, 0.15) is 11.5 Å². The van der Waals surface area contributed by atoms with Gasteiger partial charge < -0.3 is 9.47 Å². The minimum Gasteiger partial charge on any atom is -0.481 e. The number of hydrogen-bond donors (Lipinski definition) is 0. The van der Waals surface area contributed by atoms with Gasteiger partial charge >= 0.3 is 5.97 Å². The van der Waals surface area contributed by atoms with Crippen molar-refractivity contribution < 1.29 is 23.9 Å². The van der Waals surface area contributed by atoms with Gasteiger partial charge in [0.05, 0.1) is 21.3 Å². The van der Waals surface area contributed by atoms with Gasteiger partial charge in [0.25, 0.3) is 11.8 Å². The number of esters is 1. The number of nitrogens with zero attached hydrogens (tertiary/aromatic N) is 1. The van der Waals surface area contributed by atoms with Gasteiger partial charge in [0.15, 0.2) is 6.61 Å². The molecule has 150 valence electrons. The van der Waals surface area contributed by atoms with Crippen LogP contribution < -0.4 is 14.4 Å². The molecule has 0 saturated heterocycles. The van der Waals surface area contributed by atoms with Crippen molar-refractivity contribution in [2.45, 2.75) is 0 Å². The Morgan fingerprint density at radius 2 is 1.50 bits per heavy atom. The molecule has 1 heterocycles. The maximum absolute atomic E-state index is 12.5. The third-order valence-electron chi connectivity index (χ3n) is 4.36. The van der Waals surface area contributed by atoms with Crippen molar-refractivity contribution >= 4 is 55.3 Å². The number of fused-ring (bicyclic) bond motifs is 1. The monoisotopic (exact) mass is 529 g/mol. The first-order valence-corrected chi connectivity index (χ1v) is 10.4. The summed E-state index contributed by atoms with van der Waals surface area (Å²) in [6.07, 6.45) is 0. The highest BCUT2D eigenvalue weighted by Crippen LogP contribution is 2.30. The third kappa shape index (κ3) is 4.01. The minimum absolute atomic E-state index is 0.277. The molecular weight excluding hydrogens is 518 g/mol. The predicted octanol–water partition coefficient (Wildman–Crippen LogP) is 5.00. The van der Waals surface area contributed by atoms with E-state index >= 15 is 0 Å². The number of halogens is 2. The summed E-state index contributed by atoms with van der Waals surface area (Å²) in [6.45, 7) is -0.277. The number of anilines is 1. The number of ether oxygens (including phenoxy) is 2. The third-order valence-corrected chi connectivity index (χ3v) is 5.47. The fraction of sp³-hybridized carbons (Fsp3) is 0.0455. The number of carbonyl (C=O) groups excluding carboxylic acids is 3. The highest BCUT2D eigenvalue weighted by atomic mass is 79.9. The lowest BCUT2D eigenvalue weighted by molar-refractivity contribution is -0.136. The molecule has 0 unspecified atom stereocenters. The average Bonchev–Trinajstić information content (AvgIpc) is 2.99. The van der Waals surface area contributed by atoms with Crippen LogP contribution in [0, 0.1) is 0 Å². The molecule has 0 radical (unpaired) electrons. The molecule has 6 nitrogen and oxygen atoms in total. The van der Waals surface area contributed by atoms with Gasteiger partial charge in [-0.2, -0.15) is 0 Å². The van der Waals surface area contributed by atoms with Crippen LogP contribution in [-0.4, -0.2) is 24.4 Å². The van der Waals surface area contributed by atoms with E-state index in [0.29, 0.717) is 27.0 Å². The molecule has 0 aromatic heterocycles. The molecule has 1 aliphatic rings. The van der Waals surface area contributed by atoms with Gasteiger partial charge in [-0.25, -0.2) is 9.69 Å². The van der Waals surface area contributed by atoms with Gasteiger partial charge in [-0.05, 0) is 70.5 Å². The molecule has 0 N–H and O–H groups in total. The topological polar surface area (TPSA) is 72.9 Å². The van der Waals surface area contributed by atoms with E-state index in [0.717, 1.165) is 9.37 Å². The van der Waals surface area contributed by atoms with Gasteiger partial charge in [-0.3, -0.25) is 9.59 Å². The first-order valence-electron chi connectivity index (χ1n) is 8.80. The van der Waals surface area contributed by atoms with Crippen molar-refractivity contribution in [2.24, 2.45) is 0 Å². The number of carbonyl (C=O) groups is 3. The SMILES string of the molecule is O=C(COc1ccc(Br)cc1Br)Oc1ccc(N2C(=O)c3ccccc3C2=O)cc1. The summed E-state index contributed by atoms with van der Waals surface area (Å²) in [4.78, 5) is 38.2. The zero-order valence-electron chi connectivity index (χ0n) is 15.3. The fourth-order valence-corrected chi connectivity index (χ4v) is 4.14. The number of hydrogen-bond acceptors (Lipinski definition) is 5. The Morgan fingerprint density at radius 1 is 0.867 bits per heavy atom. The first kappa shape index (κ1) is 20.3. The van der Waals surface area contributed by atoms with Gasteiger partial charge in [-0.1, -0.05) is 28.1 Å². The standard InChI is InChI=1S/C22H13Br2NO5/c23-13-5-10-19(18(24)11-13)29-12-20(26)30-15-8-6-14(7-9-15)25-21(27)16-3-1-2-4-17(16)22(25)28/h1-11H,12H2. The Balaban J connectivity index is 1.40. The van der Waals surface area contributed by atoms with Crippen molar-refractivity contribution in [3.05, 3.63) is 86.8 Å². The predicted molar refractivity (Wildman–Crippen MR) is 117 cm³/mol. The molecule has 0 bridgehead atoms. The minimum atomic E-state index is -0.585. The Kier molecular flexibility index (Phi) is 5.69. The van der Waals surface area contributed by atoms with E-state index < -0.39 is 5.97 Å². The van der Waals surface area contributed by atoms with Crippen molar-refractivity contribution in [2.75, 3.05) is 11.5 Å². The van der Waals surface area contributed by atoms with E-state index in [1.165, 1.54) is 12.1 Å². The van der Waals surface area contributed by atoms with Crippen LogP contribution in [0.4, 0.5) is 5.69 Å². The van der Waals surface area contributed by atoms with Crippen LogP contribution in [-0.2, 0) is 4.79 Å². The summed E-state index contributed by atoms with van der Waals surface area (Å²) in [5, 5.41) is 0. The van der Waals surface area contributed by atoms with Crippen LogP contribution >= 0.6 is 31.9 Å². The molecule has 3 aromatic carbocycles. The lowest BCUT2D eigenvalue weighted by Crippen LogP contribution is -2.29. The van der Waals surface area contributed by atoms with Gasteiger partial charge in [0.2, 0.25) is 0 Å². The normalized spacial score (nSPS) is 12.7. The summed E-state index contributed by atoms with van der Waals surface area (Å²) < 4.78 is 12.3. The number of imide groups is 1. The van der Waals surface area contributed by atoms with Crippen LogP contribution in [0.5, 0.6) is 11.5 Å². The second-order valence-corrected chi connectivity index (χ2v) is 8.09. The van der Waals surface area contributed by atoms with Crippen LogP contribution in [0.15, 0.2) is 75.7 Å². The number of rotatable bonds is 5. The summed E-state index contributed by atoms with van der Waals surface area (Å²) >= 11 is 6.70. The van der Waals surface area contributed by atoms with Crippen molar-refractivity contribution in [1.29, 1.82) is 0 Å². The molecule has 0 fully saturated rings. The lowest BCUT2D eigenvalue weighted by atomic mass is 10.1. The number of amides is 2. The number of benzene rings is 3. The average molecular weight is 531 g/mol. The zero-order valence-corrected chi connectivity index (χ0v) is 18.5. The summed E-state index contributed by atoms with van der Waals surface area (Å²) in [7, 11) is 0. The lowest BCUT2D eigenvalue weighted by Gasteiger charge is -2.14. The van der Waals surface area contributed by atoms with Crippen LogP contribution in [0.25, 0.3) is 0 Å². The van der Waals surface area contributed by atoms with Crippen LogP contribution in [0.2, 0.25) is 0 Å². The quantitative estimate of drug-likeness (QED) is 0.264. The van der Waals surface area contributed by atoms with Gasteiger partial charge in [0, 0.05) is 4.47 Å². The highest BCUT2D eigenvalue weighted by molar-refractivity contribution is 9.11. The van der Waals surface area contributed by atoms with E-state index in [1.54, 1.807) is 54.6 Å². The molecule has 30 heavy (non-hydrogen) atoms. The highest BCUT2D eigenvalue weighted by Gasteiger charge is 2.36. The second-order valence-electron chi connectivity index (χ2n) is 6.32. The molecular formula is C22H13Br2NO5. The Bertz CT molecular complexity index is 1130. The van der Waals surface area contributed by atoms with Crippen molar-refractivity contribution in [3.8, 4) is 11.5 Å². The largest absolute Gasteiger partial charge is 0.481 e. The van der Waals surface area contributed by atoms with Crippen molar-refractivity contribution in [3.63, 3.8) is 0 Å². The molecule has 0 spiro atoms. The van der Waals surface area contributed by atoms with E-state index in [1.807, 2.05) is 0 Å². The van der Waals surface area contributed by atoms with Crippen LogP contribution in [0.1, 0.15) is 20.7 Å². The van der Waals surface area contributed by atoms with E-state index in [-0.39, 0.29) is 24.2 Å². The smallest absolute Gasteiger partial charge is 0.349 e. The summed E-state index contributed by atoms with van der Waals surface area (Å²) in [6, 6.07) is 18.1. The van der Waals surface area contributed by atoms with Crippen LogP contribution in [0.3, 0.4) is 0 Å². The molecule has 3 aromatic rings. The van der Waals surface area contributed by atoms with Gasteiger partial charge in [-0.15, -0.1) is 0 Å². The molecule has 1 aliphatic heterocycles. The Labute approximate surface area is 188 Å². The molecule has 0 aliphatic carbocycles. The first-order chi connectivity index (χ1) is 14.4. The zero-order chi connectivity index (χ0) is 21.3. The summed E-state index contributed by atoms with van der Waals surface area (Å²) in [5.74, 6) is -0.559. The summed E-state index contributed by atoms with van der Waals surface area (Å²) in [5.41, 5.74) is 1.14. The second kappa shape index (κ2) is 8.41.